The van der Waals surface area contributed by atoms with E-state index in [9.17, 15) is 9.59 Å². The molecule has 0 radical (unpaired) electrons. The standard InChI is InChI=1S/C26H28N2O4S/c1-17(2)18-8-7-9-19(14-18)28-26(30)21-10-5-6-11-24(21)33-16-25(29)27-20-12-13-22(31-3)23(15-20)32-4/h5-15,17H,16H2,1-4H3,(H,27,29)(H,28,30). The number of carbonyl (C=O) groups is 2. The van der Waals surface area contributed by atoms with Crippen molar-refractivity contribution in [1.29, 1.82) is 0 Å². The molecule has 0 saturated carbocycles. The predicted octanol–water partition coefficient (Wildman–Crippen LogP) is 5.81. The van der Waals surface area contributed by atoms with Crippen LogP contribution in [0.25, 0.3) is 0 Å². The van der Waals surface area contributed by atoms with E-state index in [1.165, 1.54) is 11.8 Å². The highest BCUT2D eigenvalue weighted by Gasteiger charge is 2.14. The summed E-state index contributed by atoms with van der Waals surface area (Å²) in [7, 11) is 3.10. The highest BCUT2D eigenvalue weighted by molar-refractivity contribution is 8.00. The van der Waals surface area contributed by atoms with Crippen LogP contribution < -0.4 is 20.1 Å². The zero-order valence-corrected chi connectivity index (χ0v) is 20.0. The van der Waals surface area contributed by atoms with E-state index in [0.29, 0.717) is 28.7 Å². The van der Waals surface area contributed by atoms with Crippen LogP contribution in [-0.4, -0.2) is 31.8 Å². The number of hydrogen-bond donors (Lipinski definition) is 2. The van der Waals surface area contributed by atoms with Crippen molar-refractivity contribution in [1.82, 2.24) is 0 Å². The molecule has 6 nitrogen and oxygen atoms in total. The average Bonchev–Trinajstić information content (AvgIpc) is 2.83. The van der Waals surface area contributed by atoms with Crippen LogP contribution in [0, 0.1) is 0 Å². The van der Waals surface area contributed by atoms with Crippen LogP contribution in [0.5, 0.6) is 11.5 Å². The van der Waals surface area contributed by atoms with Crippen LogP contribution in [0.3, 0.4) is 0 Å². The SMILES string of the molecule is COc1ccc(NC(=O)CSc2ccccc2C(=O)Nc2cccc(C(C)C)c2)cc1OC. The molecule has 3 aromatic rings. The summed E-state index contributed by atoms with van der Waals surface area (Å²) >= 11 is 1.31. The summed E-state index contributed by atoms with van der Waals surface area (Å²) in [5, 5.41) is 5.81. The molecule has 0 aliphatic rings. The molecule has 0 spiro atoms. The van der Waals surface area contributed by atoms with Gasteiger partial charge in [-0.1, -0.05) is 38.1 Å². The van der Waals surface area contributed by atoms with Crippen LogP contribution in [-0.2, 0) is 4.79 Å². The van der Waals surface area contributed by atoms with Crippen LogP contribution in [0.4, 0.5) is 11.4 Å². The minimum absolute atomic E-state index is 0.154. The Morgan fingerprint density at radius 1 is 0.848 bits per heavy atom. The second-order valence-corrected chi connectivity index (χ2v) is 8.65. The van der Waals surface area contributed by atoms with E-state index in [-0.39, 0.29) is 17.6 Å². The third-order valence-electron chi connectivity index (χ3n) is 4.97. The van der Waals surface area contributed by atoms with Gasteiger partial charge in [-0.05, 0) is 47.9 Å². The van der Waals surface area contributed by atoms with Crippen molar-refractivity contribution in [2.75, 3.05) is 30.6 Å². The summed E-state index contributed by atoms with van der Waals surface area (Å²) in [6, 6.07) is 20.3. The molecule has 3 rings (SSSR count). The average molecular weight is 465 g/mol. The summed E-state index contributed by atoms with van der Waals surface area (Å²) in [6.45, 7) is 4.22. The first-order chi connectivity index (χ1) is 15.9. The van der Waals surface area contributed by atoms with Gasteiger partial charge in [-0.3, -0.25) is 9.59 Å². The zero-order chi connectivity index (χ0) is 23.8. The van der Waals surface area contributed by atoms with Gasteiger partial charge in [0.15, 0.2) is 11.5 Å². The first-order valence-corrected chi connectivity index (χ1v) is 11.5. The van der Waals surface area contributed by atoms with Crippen LogP contribution in [0.1, 0.15) is 35.7 Å². The van der Waals surface area contributed by atoms with E-state index in [1.54, 1.807) is 38.5 Å². The van der Waals surface area contributed by atoms with E-state index in [4.69, 9.17) is 9.47 Å². The summed E-state index contributed by atoms with van der Waals surface area (Å²) in [6.07, 6.45) is 0. The lowest BCUT2D eigenvalue weighted by Crippen LogP contribution is -2.16. The molecule has 0 saturated heterocycles. The number of amides is 2. The van der Waals surface area contributed by atoms with Crippen molar-refractivity contribution in [3.05, 3.63) is 77.9 Å². The summed E-state index contributed by atoms with van der Waals surface area (Å²) in [5.41, 5.74) is 3.03. The van der Waals surface area contributed by atoms with E-state index < -0.39 is 0 Å². The second kappa shape index (κ2) is 11.4. The number of hydrogen-bond acceptors (Lipinski definition) is 5. The fraction of sp³-hybridized carbons (Fsp3) is 0.231. The van der Waals surface area contributed by atoms with Crippen molar-refractivity contribution >= 4 is 35.0 Å². The highest BCUT2D eigenvalue weighted by Crippen LogP contribution is 2.30. The van der Waals surface area contributed by atoms with Gasteiger partial charge in [-0.15, -0.1) is 11.8 Å². The van der Waals surface area contributed by atoms with Crippen molar-refractivity contribution in [3.8, 4) is 11.5 Å². The molecular formula is C26H28N2O4S. The van der Waals surface area contributed by atoms with Gasteiger partial charge in [0.25, 0.3) is 5.91 Å². The number of methoxy groups -OCH3 is 2. The maximum absolute atomic E-state index is 12.9. The first kappa shape index (κ1) is 24.2. The molecular weight excluding hydrogens is 436 g/mol. The molecule has 0 fully saturated rings. The van der Waals surface area contributed by atoms with E-state index >= 15 is 0 Å². The monoisotopic (exact) mass is 464 g/mol. The van der Waals surface area contributed by atoms with Crippen molar-refractivity contribution in [2.45, 2.75) is 24.7 Å². The van der Waals surface area contributed by atoms with Gasteiger partial charge in [0.1, 0.15) is 0 Å². The Kier molecular flexibility index (Phi) is 8.38. The minimum atomic E-state index is -0.209. The third kappa shape index (κ3) is 6.52. The van der Waals surface area contributed by atoms with E-state index in [0.717, 1.165) is 16.1 Å². The number of carbonyl (C=O) groups excluding carboxylic acids is 2. The fourth-order valence-corrected chi connectivity index (χ4v) is 4.06. The van der Waals surface area contributed by atoms with Crippen LogP contribution in [0.2, 0.25) is 0 Å². The van der Waals surface area contributed by atoms with Crippen LogP contribution in [0.15, 0.2) is 71.6 Å². The maximum Gasteiger partial charge on any atom is 0.256 e. The van der Waals surface area contributed by atoms with Gasteiger partial charge in [-0.25, -0.2) is 0 Å². The molecule has 3 aromatic carbocycles. The topological polar surface area (TPSA) is 76.7 Å². The fourth-order valence-electron chi connectivity index (χ4n) is 3.21. The predicted molar refractivity (Wildman–Crippen MR) is 134 cm³/mol. The first-order valence-electron chi connectivity index (χ1n) is 10.6. The third-order valence-corrected chi connectivity index (χ3v) is 6.04. The molecule has 0 bridgehead atoms. The molecule has 0 aliphatic heterocycles. The van der Waals surface area contributed by atoms with Crippen molar-refractivity contribution < 1.29 is 19.1 Å². The Labute approximate surface area is 198 Å². The minimum Gasteiger partial charge on any atom is -0.493 e. The van der Waals surface area contributed by atoms with E-state index in [2.05, 4.69) is 24.5 Å². The molecule has 172 valence electrons. The molecule has 33 heavy (non-hydrogen) atoms. The summed E-state index contributed by atoms with van der Waals surface area (Å²) in [5.74, 6) is 1.25. The Balaban J connectivity index is 1.65. The molecule has 0 unspecified atom stereocenters. The molecule has 0 heterocycles. The highest BCUT2D eigenvalue weighted by atomic mass is 32.2. The van der Waals surface area contributed by atoms with Gasteiger partial charge in [0.05, 0.1) is 25.5 Å². The quantitative estimate of drug-likeness (QED) is 0.391. The van der Waals surface area contributed by atoms with Gasteiger partial charge < -0.3 is 20.1 Å². The molecule has 2 amide bonds. The Bertz CT molecular complexity index is 1130. The zero-order valence-electron chi connectivity index (χ0n) is 19.2. The van der Waals surface area contributed by atoms with Gasteiger partial charge in [0.2, 0.25) is 5.91 Å². The molecule has 2 N–H and O–H groups in total. The Morgan fingerprint density at radius 2 is 1.58 bits per heavy atom. The maximum atomic E-state index is 12.9. The number of thioether (sulfide) groups is 1. The smallest absolute Gasteiger partial charge is 0.256 e. The number of ether oxygens (including phenoxy) is 2. The lowest BCUT2D eigenvalue weighted by Gasteiger charge is -2.12. The van der Waals surface area contributed by atoms with Crippen LogP contribution >= 0.6 is 11.8 Å². The van der Waals surface area contributed by atoms with Gasteiger partial charge in [0, 0.05) is 22.3 Å². The Hall–Kier alpha value is -3.45. The molecule has 0 atom stereocenters. The number of benzene rings is 3. The van der Waals surface area contributed by atoms with E-state index in [1.807, 2.05) is 42.5 Å². The number of rotatable bonds is 9. The van der Waals surface area contributed by atoms with Crippen molar-refractivity contribution in [2.24, 2.45) is 0 Å². The summed E-state index contributed by atoms with van der Waals surface area (Å²) in [4.78, 5) is 26.2. The van der Waals surface area contributed by atoms with Gasteiger partial charge >= 0.3 is 0 Å². The largest absolute Gasteiger partial charge is 0.493 e. The normalized spacial score (nSPS) is 10.6. The lowest BCUT2D eigenvalue weighted by atomic mass is 10.0. The molecule has 7 heteroatoms. The van der Waals surface area contributed by atoms with Gasteiger partial charge in [-0.2, -0.15) is 0 Å². The molecule has 0 aliphatic carbocycles. The second-order valence-electron chi connectivity index (χ2n) is 7.64. The number of nitrogens with one attached hydrogen (secondary N) is 2. The lowest BCUT2D eigenvalue weighted by molar-refractivity contribution is -0.113. The van der Waals surface area contributed by atoms with Crippen molar-refractivity contribution in [3.63, 3.8) is 0 Å². The Morgan fingerprint density at radius 3 is 2.30 bits per heavy atom. The molecule has 0 aromatic heterocycles. The number of anilines is 2. The summed E-state index contributed by atoms with van der Waals surface area (Å²) < 4.78 is 10.5.